The van der Waals surface area contributed by atoms with E-state index in [1.807, 2.05) is 39.0 Å². The molecule has 0 fully saturated rings. The summed E-state index contributed by atoms with van der Waals surface area (Å²) in [6.45, 7) is 7.19. The van der Waals surface area contributed by atoms with Gasteiger partial charge < -0.3 is 9.47 Å². The number of nitrogens with one attached hydrogen (secondary N) is 1. The number of carbonyl (C=O) groups excluding carboxylic acids is 1. The van der Waals surface area contributed by atoms with Crippen molar-refractivity contribution in [3.63, 3.8) is 0 Å². The monoisotopic (exact) mass is 237 g/mol. The van der Waals surface area contributed by atoms with Crippen LogP contribution in [0.15, 0.2) is 18.2 Å². The molecule has 0 saturated heterocycles. The van der Waals surface area contributed by atoms with Crippen LogP contribution in [0.25, 0.3) is 0 Å². The predicted octanol–water partition coefficient (Wildman–Crippen LogP) is 2.89. The summed E-state index contributed by atoms with van der Waals surface area (Å²) in [4.78, 5) is 11.5. The largest absolute Gasteiger partial charge is 0.447 e. The number of anilines is 1. The Labute approximate surface area is 102 Å². The van der Waals surface area contributed by atoms with Gasteiger partial charge in [0.2, 0.25) is 0 Å². The van der Waals surface area contributed by atoms with Crippen molar-refractivity contribution in [3.05, 3.63) is 29.3 Å². The van der Waals surface area contributed by atoms with Gasteiger partial charge >= 0.3 is 6.09 Å². The minimum absolute atomic E-state index is 0.268. The van der Waals surface area contributed by atoms with Crippen molar-refractivity contribution in [1.82, 2.24) is 0 Å². The van der Waals surface area contributed by atoms with Gasteiger partial charge in [0.15, 0.2) is 0 Å². The maximum atomic E-state index is 11.5. The number of rotatable bonds is 5. The summed E-state index contributed by atoms with van der Waals surface area (Å²) in [5, 5.41) is 2.71. The zero-order valence-electron chi connectivity index (χ0n) is 10.6. The quantitative estimate of drug-likeness (QED) is 0.801. The van der Waals surface area contributed by atoms with Crippen LogP contribution in [0.3, 0.4) is 0 Å². The van der Waals surface area contributed by atoms with E-state index >= 15 is 0 Å². The molecule has 0 heterocycles. The molecule has 94 valence electrons. The van der Waals surface area contributed by atoms with Crippen molar-refractivity contribution >= 4 is 11.8 Å². The van der Waals surface area contributed by atoms with Gasteiger partial charge in [0.1, 0.15) is 6.61 Å². The molecule has 0 aliphatic carbocycles. The second-order valence-electron chi connectivity index (χ2n) is 3.71. The fourth-order valence-electron chi connectivity index (χ4n) is 1.37. The van der Waals surface area contributed by atoms with Crippen LogP contribution < -0.4 is 5.32 Å². The lowest BCUT2D eigenvalue weighted by molar-refractivity contribution is 0.0850. The Bertz CT molecular complexity index is 377. The first kappa shape index (κ1) is 13.5. The minimum atomic E-state index is -0.446. The van der Waals surface area contributed by atoms with Crippen molar-refractivity contribution < 1.29 is 14.3 Å². The van der Waals surface area contributed by atoms with Gasteiger partial charge in [0.05, 0.1) is 6.61 Å². The summed E-state index contributed by atoms with van der Waals surface area (Å²) in [7, 11) is 0. The zero-order chi connectivity index (χ0) is 12.7. The fraction of sp³-hybridized carbons (Fsp3) is 0.462. The van der Waals surface area contributed by atoms with Gasteiger partial charge in [-0.1, -0.05) is 12.1 Å². The summed E-state index contributed by atoms with van der Waals surface area (Å²) in [6, 6.07) is 5.76. The molecule has 4 nitrogen and oxygen atoms in total. The lowest BCUT2D eigenvalue weighted by Crippen LogP contribution is -2.17. The van der Waals surface area contributed by atoms with Gasteiger partial charge in [-0.2, -0.15) is 0 Å². The second-order valence-corrected chi connectivity index (χ2v) is 3.71. The van der Waals surface area contributed by atoms with Gasteiger partial charge in [-0.25, -0.2) is 4.79 Å². The van der Waals surface area contributed by atoms with Gasteiger partial charge in [-0.05, 0) is 38.0 Å². The molecule has 1 aromatic carbocycles. The molecule has 1 rings (SSSR count). The maximum Gasteiger partial charge on any atom is 0.411 e. The molecule has 4 heteroatoms. The normalized spacial score (nSPS) is 10.1. The maximum absolute atomic E-state index is 11.5. The molecule has 0 aliphatic rings. The van der Waals surface area contributed by atoms with Crippen molar-refractivity contribution in [2.75, 3.05) is 25.1 Å². The highest BCUT2D eigenvalue weighted by molar-refractivity contribution is 5.85. The van der Waals surface area contributed by atoms with Crippen LogP contribution in [0.2, 0.25) is 0 Å². The number of hydrogen-bond donors (Lipinski definition) is 1. The third kappa shape index (κ3) is 4.44. The van der Waals surface area contributed by atoms with Crippen LogP contribution in [0, 0.1) is 13.8 Å². The molecule has 1 amide bonds. The molecule has 0 spiro atoms. The first-order valence-electron chi connectivity index (χ1n) is 5.73. The Morgan fingerprint density at radius 2 is 2.06 bits per heavy atom. The molecule has 0 unspecified atom stereocenters. The number of benzene rings is 1. The van der Waals surface area contributed by atoms with E-state index in [-0.39, 0.29) is 6.61 Å². The van der Waals surface area contributed by atoms with E-state index in [1.165, 1.54) is 0 Å². The lowest BCUT2D eigenvalue weighted by Gasteiger charge is -2.10. The summed E-state index contributed by atoms with van der Waals surface area (Å²) < 4.78 is 10.0. The first-order chi connectivity index (χ1) is 8.15. The SMILES string of the molecule is CCOCCOC(=O)Nc1cccc(C)c1C. The molecule has 0 radical (unpaired) electrons. The summed E-state index contributed by atoms with van der Waals surface area (Å²) >= 11 is 0. The molecule has 0 aliphatic heterocycles. The van der Waals surface area contributed by atoms with Gasteiger partial charge in [0, 0.05) is 12.3 Å². The molecule has 0 bridgehead atoms. The van der Waals surface area contributed by atoms with Gasteiger partial charge in [0.25, 0.3) is 0 Å². The van der Waals surface area contributed by atoms with Crippen LogP contribution >= 0.6 is 0 Å². The van der Waals surface area contributed by atoms with E-state index < -0.39 is 6.09 Å². The molecule has 0 atom stereocenters. The van der Waals surface area contributed by atoms with E-state index in [9.17, 15) is 4.79 Å². The Balaban J connectivity index is 2.43. The Hall–Kier alpha value is -1.55. The number of amides is 1. The van der Waals surface area contributed by atoms with E-state index in [0.29, 0.717) is 13.2 Å². The molecular weight excluding hydrogens is 218 g/mol. The van der Waals surface area contributed by atoms with Crippen molar-refractivity contribution in [3.8, 4) is 0 Å². The number of aryl methyl sites for hydroxylation is 1. The van der Waals surface area contributed by atoms with Crippen molar-refractivity contribution in [2.24, 2.45) is 0 Å². The van der Waals surface area contributed by atoms with E-state index in [0.717, 1.165) is 16.8 Å². The second kappa shape index (κ2) is 6.91. The Morgan fingerprint density at radius 1 is 1.29 bits per heavy atom. The predicted molar refractivity (Wildman–Crippen MR) is 67.4 cm³/mol. The van der Waals surface area contributed by atoms with E-state index in [2.05, 4.69) is 5.32 Å². The van der Waals surface area contributed by atoms with Crippen molar-refractivity contribution in [2.45, 2.75) is 20.8 Å². The molecular formula is C13H19NO3. The van der Waals surface area contributed by atoms with Gasteiger partial charge in [-0.3, -0.25) is 5.32 Å². The highest BCUT2D eigenvalue weighted by atomic mass is 16.6. The van der Waals surface area contributed by atoms with Crippen LogP contribution in [0.5, 0.6) is 0 Å². The molecule has 1 aromatic rings. The third-order valence-electron chi connectivity index (χ3n) is 2.51. The summed E-state index contributed by atoms with van der Waals surface area (Å²) in [5.74, 6) is 0. The molecule has 0 aromatic heterocycles. The Kier molecular flexibility index (Phi) is 5.49. The minimum Gasteiger partial charge on any atom is -0.447 e. The number of ether oxygens (including phenoxy) is 2. The summed E-state index contributed by atoms with van der Waals surface area (Å²) in [5.41, 5.74) is 2.97. The summed E-state index contributed by atoms with van der Waals surface area (Å²) in [6.07, 6.45) is -0.446. The fourth-order valence-corrected chi connectivity index (χ4v) is 1.37. The van der Waals surface area contributed by atoms with Crippen molar-refractivity contribution in [1.29, 1.82) is 0 Å². The molecule has 0 saturated carbocycles. The average molecular weight is 237 g/mol. The van der Waals surface area contributed by atoms with E-state index in [4.69, 9.17) is 9.47 Å². The Morgan fingerprint density at radius 3 is 2.76 bits per heavy atom. The highest BCUT2D eigenvalue weighted by Gasteiger charge is 2.06. The zero-order valence-corrected chi connectivity index (χ0v) is 10.6. The van der Waals surface area contributed by atoms with Crippen LogP contribution in [0.1, 0.15) is 18.1 Å². The number of hydrogen-bond acceptors (Lipinski definition) is 3. The smallest absolute Gasteiger partial charge is 0.411 e. The van der Waals surface area contributed by atoms with Crippen LogP contribution in [-0.2, 0) is 9.47 Å². The first-order valence-corrected chi connectivity index (χ1v) is 5.73. The molecule has 17 heavy (non-hydrogen) atoms. The van der Waals surface area contributed by atoms with Crippen LogP contribution in [-0.4, -0.2) is 25.9 Å². The third-order valence-corrected chi connectivity index (χ3v) is 2.51. The number of carbonyl (C=O) groups is 1. The average Bonchev–Trinajstić information content (AvgIpc) is 2.31. The highest BCUT2D eigenvalue weighted by Crippen LogP contribution is 2.17. The topological polar surface area (TPSA) is 47.6 Å². The standard InChI is InChI=1S/C13H19NO3/c1-4-16-8-9-17-13(15)14-12-7-5-6-10(2)11(12)3/h5-7H,4,8-9H2,1-3H3,(H,14,15). The lowest BCUT2D eigenvalue weighted by atomic mass is 10.1. The van der Waals surface area contributed by atoms with E-state index in [1.54, 1.807) is 0 Å². The van der Waals surface area contributed by atoms with Gasteiger partial charge in [-0.15, -0.1) is 0 Å². The van der Waals surface area contributed by atoms with Crippen LogP contribution in [0.4, 0.5) is 10.5 Å². The molecule has 1 N–H and O–H groups in total.